The molecule has 0 fully saturated rings. The highest BCUT2D eigenvalue weighted by molar-refractivity contribution is 5.56. The first-order chi connectivity index (χ1) is 9.00. The molecule has 0 radical (unpaired) electrons. The van der Waals surface area contributed by atoms with Crippen molar-refractivity contribution in [1.29, 1.82) is 0 Å². The first-order valence-corrected chi connectivity index (χ1v) is 6.93. The second kappa shape index (κ2) is 5.62. The lowest BCUT2D eigenvalue weighted by Gasteiger charge is -2.33. The first kappa shape index (κ1) is 13.9. The van der Waals surface area contributed by atoms with Crippen molar-refractivity contribution in [2.45, 2.75) is 33.9 Å². The number of hydrogen-bond donors (Lipinski definition) is 1. The molecule has 2 nitrogen and oxygen atoms in total. The Bertz CT molecular complexity index is 487. The predicted octanol–water partition coefficient (Wildman–Crippen LogP) is 3.95. The second-order valence-corrected chi connectivity index (χ2v) is 5.47. The van der Waals surface area contributed by atoms with Gasteiger partial charge in [0.25, 0.3) is 0 Å². The fraction of sp³-hybridized carbons (Fsp3) is 0.412. The Kier molecular flexibility index (Phi) is 4.11. The molecule has 0 saturated heterocycles. The van der Waals surface area contributed by atoms with Gasteiger partial charge in [0.15, 0.2) is 0 Å². The lowest BCUT2D eigenvalue weighted by molar-refractivity contribution is 0.197. The molecule has 1 aromatic carbocycles. The maximum Gasteiger partial charge on any atom is 0.128 e. The summed E-state index contributed by atoms with van der Waals surface area (Å²) < 4.78 is 0. The van der Waals surface area contributed by atoms with Crippen molar-refractivity contribution < 1.29 is 5.11 Å². The van der Waals surface area contributed by atoms with Crippen molar-refractivity contribution in [3.8, 4) is 0 Å². The van der Waals surface area contributed by atoms with Gasteiger partial charge >= 0.3 is 0 Å². The molecule has 2 heteroatoms. The summed E-state index contributed by atoms with van der Waals surface area (Å²) in [4.78, 5) is 1.98. The van der Waals surface area contributed by atoms with Gasteiger partial charge in [-0.25, -0.2) is 0 Å². The molecule has 3 atom stereocenters. The van der Waals surface area contributed by atoms with Gasteiger partial charge < -0.3 is 10.0 Å². The molecule has 3 unspecified atom stereocenters. The third-order valence-corrected chi connectivity index (χ3v) is 4.00. The van der Waals surface area contributed by atoms with Crippen LogP contribution in [-0.4, -0.2) is 11.3 Å². The Hall–Kier alpha value is -1.54. The van der Waals surface area contributed by atoms with E-state index in [0.717, 1.165) is 11.4 Å². The monoisotopic (exact) mass is 257 g/mol. The third-order valence-electron chi connectivity index (χ3n) is 4.00. The molecule has 19 heavy (non-hydrogen) atoms. The summed E-state index contributed by atoms with van der Waals surface area (Å²) in [5, 5.41) is 10.1. The summed E-state index contributed by atoms with van der Waals surface area (Å²) >= 11 is 0. The van der Waals surface area contributed by atoms with E-state index >= 15 is 0 Å². The molecular weight excluding hydrogens is 234 g/mol. The van der Waals surface area contributed by atoms with Gasteiger partial charge in [0, 0.05) is 11.4 Å². The van der Waals surface area contributed by atoms with Gasteiger partial charge in [0.05, 0.1) is 0 Å². The first-order valence-electron chi connectivity index (χ1n) is 6.93. The molecular formula is C17H23NO. The number of rotatable bonds is 3. The van der Waals surface area contributed by atoms with E-state index in [0.29, 0.717) is 11.8 Å². The van der Waals surface area contributed by atoms with Crippen LogP contribution < -0.4 is 4.90 Å². The van der Waals surface area contributed by atoms with Crippen molar-refractivity contribution in [1.82, 2.24) is 0 Å². The van der Waals surface area contributed by atoms with Gasteiger partial charge in [-0.3, -0.25) is 0 Å². The number of allylic oxidation sites excluding steroid dienone is 3. The van der Waals surface area contributed by atoms with Crippen molar-refractivity contribution in [2.24, 2.45) is 11.8 Å². The van der Waals surface area contributed by atoms with Crippen molar-refractivity contribution in [3.05, 3.63) is 53.8 Å². The average molecular weight is 257 g/mol. The van der Waals surface area contributed by atoms with Crippen LogP contribution in [0.15, 0.2) is 53.8 Å². The Morgan fingerprint density at radius 1 is 1.16 bits per heavy atom. The van der Waals surface area contributed by atoms with Crippen LogP contribution in [0.3, 0.4) is 0 Å². The number of aliphatic hydroxyl groups excluding tert-OH is 1. The molecule has 102 valence electrons. The standard InChI is InChI=1S/C17H23NO/c1-12-10-17(11-13(2)14(12)3)18(15(4)19)16-8-6-5-7-9-16/h5-12,14-15,19H,1-4H3. The van der Waals surface area contributed by atoms with Gasteiger partial charge in [-0.1, -0.05) is 43.7 Å². The van der Waals surface area contributed by atoms with Crippen LogP contribution in [0.25, 0.3) is 0 Å². The third kappa shape index (κ3) is 2.90. The van der Waals surface area contributed by atoms with E-state index in [1.54, 1.807) is 6.92 Å². The zero-order valence-corrected chi connectivity index (χ0v) is 12.2. The number of para-hydroxylation sites is 1. The van der Waals surface area contributed by atoms with Crippen molar-refractivity contribution >= 4 is 5.69 Å². The predicted molar refractivity (Wildman–Crippen MR) is 80.8 cm³/mol. The van der Waals surface area contributed by atoms with Crippen molar-refractivity contribution in [2.75, 3.05) is 4.90 Å². The average Bonchev–Trinajstić information content (AvgIpc) is 2.37. The van der Waals surface area contributed by atoms with Gasteiger partial charge in [-0.05, 0) is 43.9 Å². The molecule has 2 rings (SSSR count). The summed E-state index contributed by atoms with van der Waals surface area (Å²) in [6, 6.07) is 10.0. The van der Waals surface area contributed by atoms with E-state index < -0.39 is 6.23 Å². The van der Waals surface area contributed by atoms with Crippen LogP contribution in [-0.2, 0) is 0 Å². The van der Waals surface area contributed by atoms with E-state index in [1.165, 1.54) is 5.57 Å². The fourth-order valence-electron chi connectivity index (χ4n) is 2.56. The number of anilines is 1. The number of hydrogen-bond acceptors (Lipinski definition) is 2. The molecule has 0 heterocycles. The summed E-state index contributed by atoms with van der Waals surface area (Å²) in [5.74, 6) is 1.06. The summed E-state index contributed by atoms with van der Waals surface area (Å²) in [5.41, 5.74) is 3.48. The van der Waals surface area contributed by atoms with Crippen LogP contribution in [0.5, 0.6) is 0 Å². The summed E-state index contributed by atoms with van der Waals surface area (Å²) in [6.07, 6.45) is 3.89. The maximum absolute atomic E-state index is 10.1. The summed E-state index contributed by atoms with van der Waals surface area (Å²) in [6.45, 7) is 8.45. The van der Waals surface area contributed by atoms with Crippen molar-refractivity contribution in [3.63, 3.8) is 0 Å². The fourth-order valence-corrected chi connectivity index (χ4v) is 2.56. The topological polar surface area (TPSA) is 23.5 Å². The maximum atomic E-state index is 10.1. The highest BCUT2D eigenvalue weighted by atomic mass is 16.3. The second-order valence-electron chi connectivity index (χ2n) is 5.47. The Morgan fingerprint density at radius 2 is 1.79 bits per heavy atom. The normalized spacial score (nSPS) is 24.5. The smallest absolute Gasteiger partial charge is 0.128 e. The number of nitrogens with zero attached hydrogens (tertiary/aromatic N) is 1. The molecule has 1 aliphatic rings. The van der Waals surface area contributed by atoms with E-state index in [4.69, 9.17) is 0 Å². The highest BCUT2D eigenvalue weighted by Gasteiger charge is 2.22. The molecule has 1 N–H and O–H groups in total. The molecule has 0 aromatic heterocycles. The molecule has 1 aliphatic carbocycles. The molecule has 0 aliphatic heterocycles. The van der Waals surface area contributed by atoms with Crippen LogP contribution in [0.2, 0.25) is 0 Å². The molecule has 1 aromatic rings. The zero-order chi connectivity index (χ0) is 14.0. The SMILES string of the molecule is CC1=CC(N(c2ccccc2)C(C)O)=CC(C)C1C. The largest absolute Gasteiger partial charge is 0.374 e. The van der Waals surface area contributed by atoms with E-state index in [9.17, 15) is 5.11 Å². The quantitative estimate of drug-likeness (QED) is 0.829. The lowest BCUT2D eigenvalue weighted by atomic mass is 9.84. The van der Waals surface area contributed by atoms with Gasteiger partial charge in [0.1, 0.15) is 6.23 Å². The molecule has 0 saturated carbocycles. The summed E-state index contributed by atoms with van der Waals surface area (Å²) in [7, 11) is 0. The van der Waals surface area contributed by atoms with Crippen LogP contribution >= 0.6 is 0 Å². The number of benzene rings is 1. The van der Waals surface area contributed by atoms with Gasteiger partial charge in [-0.2, -0.15) is 0 Å². The molecule has 0 spiro atoms. The lowest BCUT2D eigenvalue weighted by Crippen LogP contribution is -2.33. The van der Waals surface area contributed by atoms with Crippen LogP contribution in [0.4, 0.5) is 5.69 Å². The highest BCUT2D eigenvalue weighted by Crippen LogP contribution is 2.32. The Labute approximate surface area is 116 Å². The van der Waals surface area contributed by atoms with E-state index in [2.05, 4.69) is 32.9 Å². The molecule has 0 bridgehead atoms. The zero-order valence-electron chi connectivity index (χ0n) is 12.2. The van der Waals surface area contributed by atoms with E-state index in [-0.39, 0.29) is 0 Å². The minimum absolute atomic E-state index is 0.491. The van der Waals surface area contributed by atoms with Crippen LogP contribution in [0.1, 0.15) is 27.7 Å². The molecule has 0 amide bonds. The minimum Gasteiger partial charge on any atom is -0.374 e. The minimum atomic E-state index is -0.543. The Morgan fingerprint density at radius 3 is 2.32 bits per heavy atom. The van der Waals surface area contributed by atoms with E-state index in [1.807, 2.05) is 35.2 Å². The van der Waals surface area contributed by atoms with Gasteiger partial charge in [-0.15, -0.1) is 0 Å². The van der Waals surface area contributed by atoms with Crippen LogP contribution in [0, 0.1) is 11.8 Å². The number of aliphatic hydroxyl groups is 1. The van der Waals surface area contributed by atoms with Gasteiger partial charge in [0.2, 0.25) is 0 Å². The Balaban J connectivity index is 2.39.